The summed E-state index contributed by atoms with van der Waals surface area (Å²) in [4.78, 5) is 22.7. The third-order valence-electron chi connectivity index (χ3n) is 4.90. The number of hydrogen-bond donors (Lipinski definition) is 1. The van der Waals surface area contributed by atoms with E-state index in [9.17, 15) is 9.18 Å². The second-order valence-corrected chi connectivity index (χ2v) is 8.64. The lowest BCUT2D eigenvalue weighted by molar-refractivity contribution is 0.0283. The third kappa shape index (κ3) is 4.22. The van der Waals surface area contributed by atoms with E-state index in [1.165, 1.54) is 4.90 Å². The Morgan fingerprint density at radius 1 is 1.23 bits per heavy atom. The summed E-state index contributed by atoms with van der Waals surface area (Å²) in [6, 6.07) is 8.97. The number of nitrogens with zero attached hydrogens (tertiary/aromatic N) is 4. The second kappa shape index (κ2) is 7.59. The second-order valence-electron chi connectivity index (χ2n) is 8.64. The van der Waals surface area contributed by atoms with Crippen molar-refractivity contribution in [3.8, 4) is 11.4 Å². The van der Waals surface area contributed by atoms with Gasteiger partial charge < -0.3 is 15.0 Å². The lowest BCUT2D eigenvalue weighted by Gasteiger charge is -2.24. The molecule has 1 amide bonds. The molecule has 1 N–H and O–H groups in total. The molecule has 4 rings (SSSR count). The van der Waals surface area contributed by atoms with E-state index in [-0.39, 0.29) is 13.1 Å². The van der Waals surface area contributed by atoms with E-state index in [4.69, 9.17) is 4.74 Å². The van der Waals surface area contributed by atoms with Crippen molar-refractivity contribution in [2.24, 2.45) is 0 Å². The number of carbonyl (C=O) groups is 1. The number of amides is 1. The Bertz CT molecular complexity index is 1070. The average Bonchev–Trinajstić information content (AvgIpc) is 3.24. The van der Waals surface area contributed by atoms with Gasteiger partial charge in [-0.3, -0.25) is 4.40 Å². The number of ether oxygens (including phenoxy) is 1. The predicted molar refractivity (Wildman–Crippen MR) is 113 cm³/mol. The van der Waals surface area contributed by atoms with Gasteiger partial charge in [0.2, 0.25) is 0 Å². The zero-order valence-corrected chi connectivity index (χ0v) is 17.6. The minimum absolute atomic E-state index is 0.00118. The van der Waals surface area contributed by atoms with Crippen LogP contribution in [0.4, 0.5) is 15.0 Å². The molecule has 0 aromatic carbocycles. The van der Waals surface area contributed by atoms with Crippen LogP contribution in [0.2, 0.25) is 0 Å². The summed E-state index contributed by atoms with van der Waals surface area (Å²) in [6.45, 7) is 7.62. The molecule has 7 nitrogen and oxygen atoms in total. The maximum absolute atomic E-state index is 14.6. The molecule has 8 heteroatoms. The van der Waals surface area contributed by atoms with Crippen LogP contribution in [0.25, 0.3) is 17.0 Å². The van der Waals surface area contributed by atoms with Gasteiger partial charge in [-0.15, -0.1) is 0 Å². The quantitative estimate of drug-likeness (QED) is 0.703. The van der Waals surface area contributed by atoms with Crippen LogP contribution < -0.4 is 5.32 Å². The van der Waals surface area contributed by atoms with Crippen molar-refractivity contribution in [3.05, 3.63) is 48.3 Å². The number of pyridine rings is 2. The normalized spacial score (nSPS) is 19.3. The van der Waals surface area contributed by atoms with E-state index in [0.29, 0.717) is 5.82 Å². The standard InChI is InChI=1S/C22H26FN5O2/c1-14-8-9-20-24-10-18(28(20)11-14)16-6-5-7-19(25-16)26-17-13-27(12-15(17)23)21(29)30-22(2,3)4/h5-11,15,17H,12-13H2,1-4H3,(H,25,26)/t15-,17-/m0/s1. The van der Waals surface area contributed by atoms with E-state index in [0.717, 1.165) is 22.6 Å². The minimum atomic E-state index is -1.21. The summed E-state index contributed by atoms with van der Waals surface area (Å²) >= 11 is 0. The van der Waals surface area contributed by atoms with Crippen molar-refractivity contribution in [2.75, 3.05) is 18.4 Å². The number of aromatic nitrogens is 3. The molecule has 1 aliphatic heterocycles. The number of fused-ring (bicyclic) bond motifs is 1. The molecule has 0 spiro atoms. The number of imidazole rings is 1. The number of halogens is 1. The number of nitrogens with one attached hydrogen (secondary N) is 1. The highest BCUT2D eigenvalue weighted by Crippen LogP contribution is 2.24. The monoisotopic (exact) mass is 411 g/mol. The fourth-order valence-corrected chi connectivity index (χ4v) is 3.50. The highest BCUT2D eigenvalue weighted by atomic mass is 19.1. The smallest absolute Gasteiger partial charge is 0.410 e. The van der Waals surface area contributed by atoms with Crippen LogP contribution in [-0.2, 0) is 4.74 Å². The van der Waals surface area contributed by atoms with Crippen LogP contribution >= 0.6 is 0 Å². The molecule has 4 heterocycles. The van der Waals surface area contributed by atoms with Crippen LogP contribution in [0.5, 0.6) is 0 Å². The van der Waals surface area contributed by atoms with Gasteiger partial charge in [-0.25, -0.2) is 19.2 Å². The molecule has 0 saturated carbocycles. The van der Waals surface area contributed by atoms with Crippen molar-refractivity contribution in [2.45, 2.75) is 45.5 Å². The Morgan fingerprint density at radius 2 is 2.03 bits per heavy atom. The van der Waals surface area contributed by atoms with Gasteiger partial charge >= 0.3 is 6.09 Å². The van der Waals surface area contributed by atoms with Crippen LogP contribution in [0.3, 0.4) is 0 Å². The molecule has 1 fully saturated rings. The van der Waals surface area contributed by atoms with Gasteiger partial charge in [0.25, 0.3) is 0 Å². The van der Waals surface area contributed by atoms with Gasteiger partial charge in [-0.1, -0.05) is 12.1 Å². The number of hydrogen-bond acceptors (Lipinski definition) is 5. The third-order valence-corrected chi connectivity index (χ3v) is 4.90. The first-order valence-corrected chi connectivity index (χ1v) is 9.99. The van der Waals surface area contributed by atoms with Crippen LogP contribution in [0.1, 0.15) is 26.3 Å². The van der Waals surface area contributed by atoms with Gasteiger partial charge in [0, 0.05) is 12.7 Å². The van der Waals surface area contributed by atoms with E-state index >= 15 is 0 Å². The van der Waals surface area contributed by atoms with Crippen molar-refractivity contribution in [3.63, 3.8) is 0 Å². The van der Waals surface area contributed by atoms with E-state index in [1.807, 2.05) is 41.8 Å². The summed E-state index contributed by atoms with van der Waals surface area (Å²) in [5, 5.41) is 3.13. The van der Waals surface area contributed by atoms with Crippen molar-refractivity contribution in [1.82, 2.24) is 19.3 Å². The Balaban J connectivity index is 1.51. The Morgan fingerprint density at radius 3 is 2.80 bits per heavy atom. The minimum Gasteiger partial charge on any atom is -0.444 e. The zero-order valence-electron chi connectivity index (χ0n) is 17.6. The lowest BCUT2D eigenvalue weighted by atomic mass is 10.2. The van der Waals surface area contributed by atoms with Gasteiger partial charge in [-0.05, 0) is 51.5 Å². The van der Waals surface area contributed by atoms with Crippen molar-refractivity contribution in [1.29, 1.82) is 0 Å². The average molecular weight is 411 g/mol. The summed E-state index contributed by atoms with van der Waals surface area (Å²) in [6.07, 6.45) is 2.07. The van der Waals surface area contributed by atoms with Gasteiger partial charge in [-0.2, -0.15) is 0 Å². The number of likely N-dealkylation sites (tertiary alicyclic amines) is 1. The first-order valence-electron chi connectivity index (χ1n) is 9.99. The fourth-order valence-electron chi connectivity index (χ4n) is 3.50. The Hall–Kier alpha value is -3.16. The van der Waals surface area contributed by atoms with E-state index < -0.39 is 23.9 Å². The van der Waals surface area contributed by atoms with Gasteiger partial charge in [0.15, 0.2) is 0 Å². The number of alkyl halides is 1. The molecule has 3 aromatic heterocycles. The molecular weight excluding hydrogens is 385 g/mol. The highest BCUT2D eigenvalue weighted by molar-refractivity contribution is 5.69. The number of aryl methyl sites for hydroxylation is 1. The summed E-state index contributed by atoms with van der Waals surface area (Å²) in [5.74, 6) is 0.550. The largest absolute Gasteiger partial charge is 0.444 e. The molecular formula is C22H26FN5O2. The fraction of sp³-hybridized carbons (Fsp3) is 0.409. The maximum Gasteiger partial charge on any atom is 0.410 e. The molecule has 30 heavy (non-hydrogen) atoms. The van der Waals surface area contributed by atoms with Crippen LogP contribution in [0, 0.1) is 6.92 Å². The Kier molecular flexibility index (Phi) is 5.09. The number of rotatable bonds is 3. The maximum atomic E-state index is 14.6. The first kappa shape index (κ1) is 20.1. The molecule has 1 saturated heterocycles. The van der Waals surface area contributed by atoms with Gasteiger partial charge in [0.05, 0.1) is 30.2 Å². The predicted octanol–water partition coefficient (Wildman–Crippen LogP) is 4.07. The molecule has 0 bridgehead atoms. The highest BCUT2D eigenvalue weighted by Gasteiger charge is 2.37. The molecule has 3 aromatic rings. The summed E-state index contributed by atoms with van der Waals surface area (Å²) in [7, 11) is 0. The van der Waals surface area contributed by atoms with Crippen molar-refractivity contribution >= 4 is 17.6 Å². The van der Waals surface area contributed by atoms with E-state index in [2.05, 4.69) is 15.3 Å². The van der Waals surface area contributed by atoms with Crippen LogP contribution in [0.15, 0.2) is 42.7 Å². The van der Waals surface area contributed by atoms with Gasteiger partial charge in [0.1, 0.15) is 23.2 Å². The first-order chi connectivity index (χ1) is 14.2. The molecule has 1 aliphatic rings. The summed E-state index contributed by atoms with van der Waals surface area (Å²) < 4.78 is 21.9. The molecule has 2 atom stereocenters. The number of anilines is 1. The summed E-state index contributed by atoms with van der Waals surface area (Å²) in [5.41, 5.74) is 2.93. The molecule has 158 valence electrons. The van der Waals surface area contributed by atoms with Crippen molar-refractivity contribution < 1.29 is 13.9 Å². The van der Waals surface area contributed by atoms with Crippen LogP contribution in [-0.4, -0.2) is 56.3 Å². The SMILES string of the molecule is Cc1ccc2ncc(-c3cccc(N[C@H]4CN(C(=O)OC(C)(C)C)C[C@@H]4F)n3)n2c1. The number of carbonyl (C=O) groups excluding carboxylic acids is 1. The zero-order chi connectivity index (χ0) is 21.5. The molecule has 0 aliphatic carbocycles. The Labute approximate surface area is 174 Å². The lowest BCUT2D eigenvalue weighted by Crippen LogP contribution is -2.36. The molecule has 0 unspecified atom stereocenters. The van der Waals surface area contributed by atoms with E-state index in [1.54, 1.807) is 33.0 Å². The molecule has 0 radical (unpaired) electrons. The topological polar surface area (TPSA) is 71.8 Å².